The number of carbonyl (C=O) groups excluding carboxylic acids is 1. The maximum atomic E-state index is 13.0. The normalized spacial score (nSPS) is 32.8. The molecule has 2 bridgehead atoms. The summed E-state index contributed by atoms with van der Waals surface area (Å²) in [6.45, 7) is 6.12. The van der Waals surface area contributed by atoms with Crippen molar-refractivity contribution in [1.29, 1.82) is 0 Å². The lowest BCUT2D eigenvalue weighted by molar-refractivity contribution is -0.0509. The van der Waals surface area contributed by atoms with Crippen molar-refractivity contribution >= 4 is 16.3 Å². The fourth-order valence-electron chi connectivity index (χ4n) is 3.12. The van der Waals surface area contributed by atoms with E-state index in [2.05, 4.69) is 0 Å². The van der Waals surface area contributed by atoms with Crippen LogP contribution in [0.5, 0.6) is 0 Å². The molecule has 0 amide bonds. The molecule has 0 aliphatic heterocycles. The van der Waals surface area contributed by atoms with Gasteiger partial charge in [-0.15, -0.1) is 0 Å². The van der Waals surface area contributed by atoms with Crippen LogP contribution in [0.1, 0.15) is 47.0 Å². The van der Waals surface area contributed by atoms with Gasteiger partial charge in [0.2, 0.25) is 5.50 Å². The molecule has 2 rings (SSSR count). The molecule has 0 heterocycles. The van der Waals surface area contributed by atoms with Crippen LogP contribution in [0.4, 0.5) is 9.18 Å². The fourth-order valence-corrected chi connectivity index (χ4v) is 3.83. The monoisotopic (exact) mass is 338 g/mol. The minimum absolute atomic E-state index is 0.229. The summed E-state index contributed by atoms with van der Waals surface area (Å²) < 4.78 is 51.5. The number of carbonyl (C=O) groups is 1. The van der Waals surface area contributed by atoms with Gasteiger partial charge in [-0.25, -0.2) is 9.18 Å². The smallest absolute Gasteiger partial charge is 0.431 e. The van der Waals surface area contributed by atoms with E-state index in [1.54, 1.807) is 20.8 Å². The molecule has 0 radical (unpaired) electrons. The Morgan fingerprint density at radius 3 is 2.27 bits per heavy atom. The second-order valence-corrected chi connectivity index (χ2v) is 8.86. The van der Waals surface area contributed by atoms with Crippen molar-refractivity contribution in [2.24, 2.45) is 11.8 Å². The van der Waals surface area contributed by atoms with Crippen molar-refractivity contribution in [3.63, 3.8) is 0 Å². The first-order valence-corrected chi connectivity index (χ1v) is 8.91. The molecule has 0 aromatic heterocycles. The third kappa shape index (κ3) is 4.10. The molecule has 128 valence electrons. The van der Waals surface area contributed by atoms with Crippen molar-refractivity contribution in [3.8, 4) is 0 Å². The Hall–Kier alpha value is -0.890. The highest BCUT2D eigenvalue weighted by Crippen LogP contribution is 2.48. The van der Waals surface area contributed by atoms with Gasteiger partial charge in [-0.3, -0.25) is 4.18 Å². The minimum atomic E-state index is -4.22. The first-order valence-electron chi connectivity index (χ1n) is 7.44. The van der Waals surface area contributed by atoms with Crippen LogP contribution in [0, 0.1) is 11.8 Å². The standard InChI is InChI=1S/C14H23FO6S/c1-8(15)22(17,18)21-12-7-9-5-10(12)11(6-9)19-13(16)20-14(2,3)4/h8-12H,5-7H2,1-4H3. The van der Waals surface area contributed by atoms with E-state index in [4.69, 9.17) is 13.7 Å². The predicted octanol–water partition coefficient (Wildman–Crippen LogP) is 2.77. The van der Waals surface area contributed by atoms with Gasteiger partial charge < -0.3 is 9.47 Å². The summed E-state index contributed by atoms with van der Waals surface area (Å²) >= 11 is 0. The lowest BCUT2D eigenvalue weighted by Gasteiger charge is -2.29. The Bertz CT molecular complexity index is 524. The van der Waals surface area contributed by atoms with Crippen molar-refractivity contribution < 1.29 is 31.3 Å². The van der Waals surface area contributed by atoms with Gasteiger partial charge in [0.1, 0.15) is 11.7 Å². The molecule has 5 unspecified atom stereocenters. The summed E-state index contributed by atoms with van der Waals surface area (Å²) in [7, 11) is -4.22. The van der Waals surface area contributed by atoms with Crippen LogP contribution in [-0.4, -0.2) is 37.9 Å². The summed E-state index contributed by atoms with van der Waals surface area (Å²) in [5.41, 5.74) is -2.73. The molecule has 6 nitrogen and oxygen atoms in total. The molecule has 0 N–H and O–H groups in total. The number of halogens is 1. The van der Waals surface area contributed by atoms with Crippen molar-refractivity contribution in [2.45, 2.75) is 70.3 Å². The van der Waals surface area contributed by atoms with E-state index in [0.29, 0.717) is 19.3 Å². The first-order chi connectivity index (χ1) is 9.98. The van der Waals surface area contributed by atoms with Gasteiger partial charge >= 0.3 is 6.16 Å². The van der Waals surface area contributed by atoms with E-state index in [0.717, 1.165) is 6.92 Å². The van der Waals surface area contributed by atoms with Gasteiger partial charge in [0.15, 0.2) is 0 Å². The maximum absolute atomic E-state index is 13.0. The first kappa shape index (κ1) is 17.5. The Labute approximate surface area is 130 Å². The molecule has 2 fully saturated rings. The van der Waals surface area contributed by atoms with Gasteiger partial charge in [-0.1, -0.05) is 0 Å². The van der Waals surface area contributed by atoms with E-state index >= 15 is 0 Å². The van der Waals surface area contributed by atoms with Crippen LogP contribution in [0.15, 0.2) is 0 Å². The molecule has 0 aromatic rings. The summed E-state index contributed by atoms with van der Waals surface area (Å²) in [5, 5.41) is 0. The average molecular weight is 338 g/mol. The number of hydrogen-bond donors (Lipinski definition) is 0. The molecular weight excluding hydrogens is 315 g/mol. The predicted molar refractivity (Wildman–Crippen MR) is 76.3 cm³/mol. The molecule has 8 heteroatoms. The SMILES string of the molecule is CC(F)S(=O)(=O)OC1CC2CC(OC(=O)OC(C)(C)C)C1C2. The Balaban J connectivity index is 1.96. The Morgan fingerprint density at radius 1 is 1.18 bits per heavy atom. The zero-order valence-corrected chi connectivity index (χ0v) is 14.1. The lowest BCUT2D eigenvalue weighted by atomic mass is 9.95. The van der Waals surface area contributed by atoms with Gasteiger partial charge in [0, 0.05) is 5.92 Å². The number of fused-ring (bicyclic) bond motifs is 2. The highest BCUT2D eigenvalue weighted by molar-refractivity contribution is 7.87. The maximum Gasteiger partial charge on any atom is 0.509 e. The van der Waals surface area contributed by atoms with E-state index in [1.807, 2.05) is 0 Å². The van der Waals surface area contributed by atoms with E-state index in [9.17, 15) is 17.6 Å². The van der Waals surface area contributed by atoms with E-state index < -0.39 is 39.6 Å². The summed E-state index contributed by atoms with van der Waals surface area (Å²) in [6.07, 6.45) is 0.0808. The molecule has 5 atom stereocenters. The van der Waals surface area contributed by atoms with Crippen LogP contribution >= 0.6 is 0 Å². The average Bonchev–Trinajstić information content (AvgIpc) is 2.84. The third-order valence-corrected chi connectivity index (χ3v) is 5.30. The van der Waals surface area contributed by atoms with Crippen LogP contribution in [0.25, 0.3) is 0 Å². The largest absolute Gasteiger partial charge is 0.509 e. The van der Waals surface area contributed by atoms with E-state index in [-0.39, 0.29) is 11.8 Å². The molecular formula is C14H23FO6S. The molecule has 0 aromatic carbocycles. The van der Waals surface area contributed by atoms with Crippen molar-refractivity contribution in [1.82, 2.24) is 0 Å². The second kappa shape index (κ2) is 5.96. The van der Waals surface area contributed by atoms with Gasteiger partial charge in [0.05, 0.1) is 6.10 Å². The fraction of sp³-hybridized carbons (Fsp3) is 0.929. The van der Waals surface area contributed by atoms with Gasteiger partial charge in [0.25, 0.3) is 10.1 Å². The highest BCUT2D eigenvalue weighted by Gasteiger charge is 2.51. The molecule has 2 aliphatic rings. The lowest BCUT2D eigenvalue weighted by Crippen LogP contribution is -2.37. The zero-order valence-electron chi connectivity index (χ0n) is 13.2. The topological polar surface area (TPSA) is 78.9 Å². The van der Waals surface area contributed by atoms with Crippen LogP contribution in [0.2, 0.25) is 0 Å². The number of hydrogen-bond acceptors (Lipinski definition) is 6. The van der Waals surface area contributed by atoms with Gasteiger partial charge in [-0.2, -0.15) is 8.42 Å². The molecule has 0 saturated heterocycles. The Kier molecular flexibility index (Phi) is 4.73. The van der Waals surface area contributed by atoms with Gasteiger partial charge in [-0.05, 0) is 52.9 Å². The van der Waals surface area contributed by atoms with Crippen LogP contribution in [-0.2, 0) is 23.8 Å². The molecule has 0 spiro atoms. The third-order valence-electron chi connectivity index (χ3n) is 3.98. The summed E-state index contributed by atoms with van der Waals surface area (Å²) in [4.78, 5) is 11.7. The molecule has 2 saturated carbocycles. The van der Waals surface area contributed by atoms with Crippen LogP contribution < -0.4 is 0 Å². The second-order valence-electron chi connectivity index (χ2n) is 7.03. The molecule has 22 heavy (non-hydrogen) atoms. The minimum Gasteiger partial charge on any atom is -0.431 e. The van der Waals surface area contributed by atoms with E-state index in [1.165, 1.54) is 0 Å². The van der Waals surface area contributed by atoms with Crippen molar-refractivity contribution in [3.05, 3.63) is 0 Å². The summed E-state index contributed by atoms with van der Waals surface area (Å²) in [5.74, 6) is -0.00130. The number of ether oxygens (including phenoxy) is 2. The molecule has 2 aliphatic carbocycles. The van der Waals surface area contributed by atoms with Crippen LogP contribution in [0.3, 0.4) is 0 Å². The Morgan fingerprint density at radius 2 is 1.77 bits per heavy atom. The summed E-state index contributed by atoms with van der Waals surface area (Å²) in [6, 6.07) is 0. The number of alkyl halides is 1. The highest BCUT2D eigenvalue weighted by atomic mass is 32.2. The zero-order chi connectivity index (χ0) is 16.7. The number of rotatable bonds is 4. The van der Waals surface area contributed by atoms with Crippen molar-refractivity contribution in [2.75, 3.05) is 0 Å². The quantitative estimate of drug-likeness (QED) is 0.579.